The van der Waals surface area contributed by atoms with E-state index in [1.807, 2.05) is 11.3 Å². The van der Waals surface area contributed by atoms with Gasteiger partial charge in [-0.05, 0) is 41.5 Å². The average Bonchev–Trinajstić information content (AvgIpc) is 2.84. The second-order valence-corrected chi connectivity index (χ2v) is 6.02. The summed E-state index contributed by atoms with van der Waals surface area (Å²) in [6.45, 7) is 6.63. The molecule has 0 spiro atoms. The lowest BCUT2D eigenvalue weighted by Gasteiger charge is -2.05. The van der Waals surface area contributed by atoms with Crippen LogP contribution in [0.15, 0.2) is 41.8 Å². The Morgan fingerprint density at radius 1 is 1.11 bits per heavy atom. The zero-order valence-electron chi connectivity index (χ0n) is 11.1. The van der Waals surface area contributed by atoms with E-state index in [2.05, 4.69) is 60.9 Å². The fourth-order valence-electron chi connectivity index (χ4n) is 1.86. The molecule has 0 atom stereocenters. The lowest BCUT2D eigenvalue weighted by molar-refractivity contribution is 0.539. The van der Waals surface area contributed by atoms with Gasteiger partial charge in [-0.25, -0.2) is 0 Å². The molecule has 2 heteroatoms. The Labute approximate surface area is 114 Å². The van der Waals surface area contributed by atoms with Crippen molar-refractivity contribution in [3.8, 4) is 11.1 Å². The molecule has 0 amide bonds. The van der Waals surface area contributed by atoms with Crippen molar-refractivity contribution >= 4 is 11.3 Å². The summed E-state index contributed by atoms with van der Waals surface area (Å²) in [5.41, 5.74) is 2.64. The number of hydrogen-bond donors (Lipinski definition) is 1. The molecule has 0 fully saturated rings. The van der Waals surface area contributed by atoms with Gasteiger partial charge in [-0.1, -0.05) is 44.2 Å². The first-order valence-electron chi connectivity index (χ1n) is 6.59. The van der Waals surface area contributed by atoms with Gasteiger partial charge >= 0.3 is 0 Å². The maximum atomic E-state index is 3.51. The SMILES string of the molecule is CC(C)CCNCc1cc(-c2ccccc2)cs1. The molecular weight excluding hydrogens is 238 g/mol. The average molecular weight is 259 g/mol. The summed E-state index contributed by atoms with van der Waals surface area (Å²) in [5.74, 6) is 0.778. The van der Waals surface area contributed by atoms with Crippen LogP contribution in [-0.4, -0.2) is 6.54 Å². The first kappa shape index (κ1) is 13.3. The molecule has 2 aromatic rings. The molecular formula is C16H21NS. The molecule has 0 aliphatic carbocycles. The number of hydrogen-bond acceptors (Lipinski definition) is 2. The smallest absolute Gasteiger partial charge is 0.0299 e. The lowest BCUT2D eigenvalue weighted by atomic mass is 10.1. The Hall–Kier alpha value is -1.12. The van der Waals surface area contributed by atoms with Crippen LogP contribution in [0, 0.1) is 5.92 Å². The topological polar surface area (TPSA) is 12.0 Å². The van der Waals surface area contributed by atoms with Crippen LogP contribution in [0.2, 0.25) is 0 Å². The second-order valence-electron chi connectivity index (χ2n) is 5.03. The molecule has 1 heterocycles. The van der Waals surface area contributed by atoms with Crippen molar-refractivity contribution in [2.24, 2.45) is 5.92 Å². The van der Waals surface area contributed by atoms with E-state index in [1.54, 1.807) is 0 Å². The van der Waals surface area contributed by atoms with E-state index in [0.717, 1.165) is 19.0 Å². The molecule has 96 valence electrons. The highest BCUT2D eigenvalue weighted by Crippen LogP contribution is 2.25. The standard InChI is InChI=1S/C16H21NS/c1-13(2)8-9-17-11-16-10-15(12-18-16)14-6-4-3-5-7-14/h3-7,10,12-13,17H,8-9,11H2,1-2H3. The van der Waals surface area contributed by atoms with Gasteiger partial charge in [0.2, 0.25) is 0 Å². The zero-order valence-corrected chi connectivity index (χ0v) is 12.0. The van der Waals surface area contributed by atoms with Crippen LogP contribution >= 0.6 is 11.3 Å². The largest absolute Gasteiger partial charge is 0.312 e. The van der Waals surface area contributed by atoms with Gasteiger partial charge in [0.15, 0.2) is 0 Å². The summed E-state index contributed by atoms with van der Waals surface area (Å²) < 4.78 is 0. The van der Waals surface area contributed by atoms with Gasteiger partial charge < -0.3 is 5.32 Å². The Morgan fingerprint density at radius 2 is 1.89 bits per heavy atom. The molecule has 0 saturated heterocycles. The van der Waals surface area contributed by atoms with Gasteiger partial charge in [0.1, 0.15) is 0 Å². The van der Waals surface area contributed by atoms with Crippen LogP contribution in [0.25, 0.3) is 11.1 Å². The van der Waals surface area contributed by atoms with Crippen molar-refractivity contribution in [3.05, 3.63) is 46.7 Å². The Balaban J connectivity index is 1.87. The number of thiophene rings is 1. The van der Waals surface area contributed by atoms with E-state index in [4.69, 9.17) is 0 Å². The maximum Gasteiger partial charge on any atom is 0.0299 e. The summed E-state index contributed by atoms with van der Waals surface area (Å²) in [6.07, 6.45) is 1.25. The molecule has 0 radical (unpaired) electrons. The molecule has 0 saturated carbocycles. The third-order valence-electron chi connectivity index (χ3n) is 2.96. The first-order valence-corrected chi connectivity index (χ1v) is 7.47. The Kier molecular flexibility index (Phi) is 4.97. The van der Waals surface area contributed by atoms with Gasteiger partial charge in [-0.2, -0.15) is 0 Å². The molecule has 1 N–H and O–H groups in total. The second kappa shape index (κ2) is 6.72. The van der Waals surface area contributed by atoms with Crippen molar-refractivity contribution in [3.63, 3.8) is 0 Å². The molecule has 1 nitrogen and oxygen atoms in total. The number of benzene rings is 1. The highest BCUT2D eigenvalue weighted by molar-refractivity contribution is 7.10. The number of rotatable bonds is 6. The molecule has 0 aliphatic rings. The minimum absolute atomic E-state index is 0.778. The van der Waals surface area contributed by atoms with Crippen molar-refractivity contribution in [2.75, 3.05) is 6.54 Å². The van der Waals surface area contributed by atoms with Crippen molar-refractivity contribution in [2.45, 2.75) is 26.8 Å². The molecule has 18 heavy (non-hydrogen) atoms. The van der Waals surface area contributed by atoms with E-state index in [1.165, 1.54) is 22.4 Å². The van der Waals surface area contributed by atoms with Crippen LogP contribution in [0.1, 0.15) is 25.1 Å². The third-order valence-corrected chi connectivity index (χ3v) is 3.90. The summed E-state index contributed by atoms with van der Waals surface area (Å²) in [5, 5.41) is 5.75. The molecule has 1 aromatic heterocycles. The van der Waals surface area contributed by atoms with Crippen LogP contribution < -0.4 is 5.32 Å². The van der Waals surface area contributed by atoms with Gasteiger partial charge in [0.25, 0.3) is 0 Å². The third kappa shape index (κ3) is 3.97. The van der Waals surface area contributed by atoms with Crippen molar-refractivity contribution < 1.29 is 0 Å². The number of nitrogens with one attached hydrogen (secondary N) is 1. The summed E-state index contributed by atoms with van der Waals surface area (Å²) in [6, 6.07) is 12.9. The van der Waals surface area contributed by atoms with E-state index >= 15 is 0 Å². The Bertz CT molecular complexity index is 459. The predicted octanol–water partition coefficient (Wildman–Crippen LogP) is 4.55. The fourth-order valence-corrected chi connectivity index (χ4v) is 2.72. The van der Waals surface area contributed by atoms with E-state index in [0.29, 0.717) is 0 Å². The van der Waals surface area contributed by atoms with Crippen LogP contribution in [0.4, 0.5) is 0 Å². The highest BCUT2D eigenvalue weighted by Gasteiger charge is 2.02. The van der Waals surface area contributed by atoms with Crippen LogP contribution in [-0.2, 0) is 6.54 Å². The van der Waals surface area contributed by atoms with E-state index in [-0.39, 0.29) is 0 Å². The summed E-state index contributed by atoms with van der Waals surface area (Å²) >= 11 is 1.84. The summed E-state index contributed by atoms with van der Waals surface area (Å²) in [7, 11) is 0. The van der Waals surface area contributed by atoms with Crippen LogP contribution in [0.3, 0.4) is 0 Å². The van der Waals surface area contributed by atoms with Crippen molar-refractivity contribution in [1.29, 1.82) is 0 Å². The monoisotopic (exact) mass is 259 g/mol. The normalized spacial score (nSPS) is 11.1. The summed E-state index contributed by atoms with van der Waals surface area (Å²) in [4.78, 5) is 1.41. The maximum absolute atomic E-state index is 3.51. The lowest BCUT2D eigenvalue weighted by Crippen LogP contribution is -2.15. The van der Waals surface area contributed by atoms with Gasteiger partial charge in [0, 0.05) is 11.4 Å². The highest BCUT2D eigenvalue weighted by atomic mass is 32.1. The molecule has 2 rings (SSSR count). The van der Waals surface area contributed by atoms with Crippen molar-refractivity contribution in [1.82, 2.24) is 5.32 Å². The molecule has 0 bridgehead atoms. The predicted molar refractivity (Wildman–Crippen MR) is 80.9 cm³/mol. The Morgan fingerprint density at radius 3 is 2.61 bits per heavy atom. The zero-order chi connectivity index (χ0) is 12.8. The molecule has 1 aromatic carbocycles. The quantitative estimate of drug-likeness (QED) is 0.750. The van der Waals surface area contributed by atoms with E-state index in [9.17, 15) is 0 Å². The van der Waals surface area contributed by atoms with Gasteiger partial charge in [0.05, 0.1) is 0 Å². The van der Waals surface area contributed by atoms with Gasteiger partial charge in [-0.15, -0.1) is 11.3 Å². The minimum atomic E-state index is 0.778. The fraction of sp³-hybridized carbons (Fsp3) is 0.375. The minimum Gasteiger partial charge on any atom is -0.312 e. The van der Waals surface area contributed by atoms with E-state index < -0.39 is 0 Å². The van der Waals surface area contributed by atoms with Gasteiger partial charge in [-0.3, -0.25) is 0 Å². The molecule has 0 aliphatic heterocycles. The van der Waals surface area contributed by atoms with Crippen LogP contribution in [0.5, 0.6) is 0 Å². The molecule has 0 unspecified atom stereocenters. The first-order chi connectivity index (χ1) is 8.75.